The first kappa shape index (κ1) is 7.59. The lowest BCUT2D eigenvalue weighted by Crippen LogP contribution is -1.93. The molecule has 0 bridgehead atoms. The second-order valence-electron chi connectivity index (χ2n) is 1.12. The topological polar surface area (TPSA) is 26.3 Å². The molecule has 0 atom stereocenters. The lowest BCUT2D eigenvalue weighted by atomic mass is 10.5. The molecule has 0 saturated carbocycles. The summed E-state index contributed by atoms with van der Waals surface area (Å²) in [6.45, 7) is 1.64. The van der Waals surface area contributed by atoms with Crippen molar-refractivity contribution in [1.82, 2.24) is 0 Å². The van der Waals surface area contributed by atoms with Crippen molar-refractivity contribution in [3.8, 4) is 23.7 Å². The van der Waals surface area contributed by atoms with Crippen LogP contribution in [0.5, 0.6) is 0 Å². The second kappa shape index (κ2) is 4.74. The maximum absolute atomic E-state index is 10.2. The SMILES string of the molecule is CC#CC#CC(=O)OC. The van der Waals surface area contributed by atoms with Gasteiger partial charge < -0.3 is 4.74 Å². The summed E-state index contributed by atoms with van der Waals surface area (Å²) in [4.78, 5) is 10.2. The Morgan fingerprint density at radius 1 is 1.44 bits per heavy atom. The average molecular weight is 122 g/mol. The van der Waals surface area contributed by atoms with Gasteiger partial charge in [0.15, 0.2) is 0 Å². The van der Waals surface area contributed by atoms with Crippen molar-refractivity contribution >= 4 is 5.97 Å². The van der Waals surface area contributed by atoms with Gasteiger partial charge in [-0.05, 0) is 18.8 Å². The standard InChI is InChI=1S/C7H6O2/c1-3-4-5-6-7(8)9-2/h1-2H3. The van der Waals surface area contributed by atoms with E-state index in [1.807, 2.05) is 0 Å². The molecule has 0 radical (unpaired) electrons. The lowest BCUT2D eigenvalue weighted by Gasteiger charge is -1.81. The monoisotopic (exact) mass is 122 g/mol. The largest absolute Gasteiger partial charge is 0.459 e. The minimum Gasteiger partial charge on any atom is -0.459 e. The molecule has 0 N–H and O–H groups in total. The third-order valence-electron chi connectivity index (χ3n) is 0.537. The molecular formula is C7H6O2. The smallest absolute Gasteiger partial charge is 0.385 e. The molecule has 9 heavy (non-hydrogen) atoms. The Kier molecular flexibility index (Phi) is 4.00. The van der Waals surface area contributed by atoms with Crippen LogP contribution < -0.4 is 0 Å². The van der Waals surface area contributed by atoms with Crippen LogP contribution >= 0.6 is 0 Å². The Morgan fingerprint density at radius 3 is 2.56 bits per heavy atom. The summed E-state index contributed by atoms with van der Waals surface area (Å²) < 4.78 is 4.22. The van der Waals surface area contributed by atoms with Crippen LogP contribution in [0.15, 0.2) is 0 Å². The third kappa shape index (κ3) is 4.44. The van der Waals surface area contributed by atoms with E-state index in [4.69, 9.17) is 0 Å². The summed E-state index contributed by atoms with van der Waals surface area (Å²) in [6, 6.07) is 0. The van der Waals surface area contributed by atoms with Gasteiger partial charge in [0.2, 0.25) is 0 Å². The molecule has 46 valence electrons. The van der Waals surface area contributed by atoms with Crippen molar-refractivity contribution in [2.24, 2.45) is 0 Å². The normalized spacial score (nSPS) is 5.56. The van der Waals surface area contributed by atoms with E-state index in [0.717, 1.165) is 0 Å². The molecule has 0 aromatic rings. The van der Waals surface area contributed by atoms with E-state index in [0.29, 0.717) is 0 Å². The first-order valence-corrected chi connectivity index (χ1v) is 2.32. The molecule has 0 aliphatic heterocycles. The zero-order chi connectivity index (χ0) is 7.11. The van der Waals surface area contributed by atoms with Crippen molar-refractivity contribution in [3.63, 3.8) is 0 Å². The van der Waals surface area contributed by atoms with E-state index in [1.165, 1.54) is 7.11 Å². The van der Waals surface area contributed by atoms with Gasteiger partial charge in [0.05, 0.1) is 7.11 Å². The van der Waals surface area contributed by atoms with Crippen LogP contribution in [0.25, 0.3) is 0 Å². The minimum absolute atomic E-state index is 0.558. The van der Waals surface area contributed by atoms with E-state index in [1.54, 1.807) is 6.92 Å². The highest BCUT2D eigenvalue weighted by Crippen LogP contribution is 1.65. The summed E-state index contributed by atoms with van der Waals surface area (Å²) >= 11 is 0. The Hall–Kier alpha value is -1.41. The molecule has 0 saturated heterocycles. The van der Waals surface area contributed by atoms with Gasteiger partial charge in [-0.25, -0.2) is 4.79 Å². The van der Waals surface area contributed by atoms with E-state index in [9.17, 15) is 4.79 Å². The molecule has 0 rings (SSSR count). The van der Waals surface area contributed by atoms with Crippen LogP contribution in [0.3, 0.4) is 0 Å². The van der Waals surface area contributed by atoms with E-state index < -0.39 is 5.97 Å². The van der Waals surface area contributed by atoms with Crippen molar-refractivity contribution in [1.29, 1.82) is 0 Å². The summed E-state index contributed by atoms with van der Waals surface area (Å²) in [5.74, 6) is 8.81. The lowest BCUT2D eigenvalue weighted by molar-refractivity contribution is -0.133. The molecular weight excluding hydrogens is 116 g/mol. The van der Waals surface area contributed by atoms with Gasteiger partial charge in [0.25, 0.3) is 0 Å². The number of ether oxygens (including phenoxy) is 1. The Bertz CT molecular complexity index is 207. The molecule has 0 spiro atoms. The van der Waals surface area contributed by atoms with Crippen molar-refractivity contribution in [3.05, 3.63) is 0 Å². The number of hydrogen-bond acceptors (Lipinski definition) is 2. The van der Waals surface area contributed by atoms with Crippen LogP contribution in [-0.2, 0) is 9.53 Å². The minimum atomic E-state index is -0.558. The Balaban J connectivity index is 3.83. The van der Waals surface area contributed by atoms with Gasteiger partial charge in [0, 0.05) is 5.92 Å². The van der Waals surface area contributed by atoms with Crippen LogP contribution in [0, 0.1) is 23.7 Å². The molecule has 0 aromatic carbocycles. The summed E-state index contributed by atoms with van der Waals surface area (Å²) in [5, 5.41) is 0. The van der Waals surface area contributed by atoms with Crippen molar-refractivity contribution < 1.29 is 9.53 Å². The molecule has 0 heterocycles. The third-order valence-corrected chi connectivity index (χ3v) is 0.537. The fraction of sp³-hybridized carbons (Fsp3) is 0.286. The maximum Gasteiger partial charge on any atom is 0.385 e. The highest BCUT2D eigenvalue weighted by Gasteiger charge is 1.85. The van der Waals surface area contributed by atoms with Crippen LogP contribution in [0.2, 0.25) is 0 Å². The van der Waals surface area contributed by atoms with E-state index in [-0.39, 0.29) is 0 Å². The number of esters is 1. The number of methoxy groups -OCH3 is 1. The first-order chi connectivity index (χ1) is 4.31. The maximum atomic E-state index is 10.2. The fourth-order valence-electron chi connectivity index (χ4n) is 0.196. The summed E-state index contributed by atoms with van der Waals surface area (Å²) in [6.07, 6.45) is 0. The summed E-state index contributed by atoms with van der Waals surface area (Å²) in [7, 11) is 1.27. The van der Waals surface area contributed by atoms with Crippen molar-refractivity contribution in [2.75, 3.05) is 7.11 Å². The van der Waals surface area contributed by atoms with Crippen molar-refractivity contribution in [2.45, 2.75) is 6.92 Å². The molecule has 0 aromatic heterocycles. The predicted octanol–water partition coefficient (Wildman–Crippen LogP) is 0.186. The number of carbonyl (C=O) groups is 1. The number of rotatable bonds is 0. The highest BCUT2D eigenvalue weighted by molar-refractivity contribution is 5.88. The molecule has 0 amide bonds. The summed E-state index contributed by atoms with van der Waals surface area (Å²) in [5.41, 5.74) is 0. The molecule has 2 nitrogen and oxygen atoms in total. The Morgan fingerprint density at radius 2 is 2.11 bits per heavy atom. The van der Waals surface area contributed by atoms with Gasteiger partial charge >= 0.3 is 5.97 Å². The number of carbonyl (C=O) groups excluding carboxylic acids is 1. The van der Waals surface area contributed by atoms with E-state index >= 15 is 0 Å². The zero-order valence-electron chi connectivity index (χ0n) is 5.32. The first-order valence-electron chi connectivity index (χ1n) is 2.32. The second-order valence-corrected chi connectivity index (χ2v) is 1.12. The fourth-order valence-corrected chi connectivity index (χ4v) is 0.196. The van der Waals surface area contributed by atoms with E-state index in [2.05, 4.69) is 28.4 Å². The Labute approximate surface area is 54.2 Å². The van der Waals surface area contributed by atoms with Crippen LogP contribution in [-0.4, -0.2) is 13.1 Å². The average Bonchev–Trinajstić information content (AvgIpc) is 1.89. The van der Waals surface area contributed by atoms with Gasteiger partial charge in [-0.2, -0.15) is 0 Å². The van der Waals surface area contributed by atoms with Crippen LogP contribution in [0.1, 0.15) is 6.92 Å². The quantitative estimate of drug-likeness (QED) is 0.260. The molecule has 0 fully saturated rings. The molecule has 0 aliphatic carbocycles. The number of hydrogen-bond donors (Lipinski definition) is 0. The molecule has 0 unspecified atom stereocenters. The van der Waals surface area contributed by atoms with Gasteiger partial charge in [0.1, 0.15) is 0 Å². The zero-order valence-corrected chi connectivity index (χ0v) is 5.32. The van der Waals surface area contributed by atoms with Gasteiger partial charge in [-0.3, -0.25) is 0 Å². The van der Waals surface area contributed by atoms with Gasteiger partial charge in [-0.1, -0.05) is 5.92 Å². The molecule has 2 heteroatoms. The van der Waals surface area contributed by atoms with Gasteiger partial charge in [-0.15, -0.1) is 0 Å². The highest BCUT2D eigenvalue weighted by atomic mass is 16.5. The molecule has 0 aliphatic rings. The predicted molar refractivity (Wildman–Crippen MR) is 33.2 cm³/mol. The van der Waals surface area contributed by atoms with Crippen LogP contribution in [0.4, 0.5) is 0 Å².